The standard InChI is InChI=1S/C8H14N2S/c1-6-3-5-11-8(6)7(10)2-4-9/h3,5,7H,2,4,9-10H2,1H3/t7-/m1/s1. The minimum absolute atomic E-state index is 0.139. The highest BCUT2D eigenvalue weighted by Gasteiger charge is 2.08. The zero-order valence-corrected chi connectivity index (χ0v) is 7.53. The van der Waals surface area contributed by atoms with Crippen LogP contribution >= 0.6 is 11.3 Å². The molecule has 0 bridgehead atoms. The van der Waals surface area contributed by atoms with Crippen LogP contribution in [0.5, 0.6) is 0 Å². The summed E-state index contributed by atoms with van der Waals surface area (Å²) in [6.45, 7) is 2.75. The van der Waals surface area contributed by atoms with Crippen molar-refractivity contribution in [1.82, 2.24) is 0 Å². The molecule has 1 aromatic rings. The van der Waals surface area contributed by atoms with Crippen LogP contribution in [0.25, 0.3) is 0 Å². The number of hydrogen-bond acceptors (Lipinski definition) is 3. The molecule has 0 aromatic carbocycles. The maximum Gasteiger partial charge on any atom is 0.0404 e. The van der Waals surface area contributed by atoms with Crippen molar-refractivity contribution in [2.75, 3.05) is 6.54 Å². The first-order valence-electron chi connectivity index (χ1n) is 3.75. The molecule has 1 rings (SSSR count). The fourth-order valence-electron chi connectivity index (χ4n) is 1.07. The van der Waals surface area contributed by atoms with Crippen LogP contribution in [0.1, 0.15) is 22.9 Å². The molecule has 1 atom stereocenters. The summed E-state index contributed by atoms with van der Waals surface area (Å²) in [4.78, 5) is 1.27. The fraction of sp³-hybridized carbons (Fsp3) is 0.500. The van der Waals surface area contributed by atoms with E-state index in [2.05, 4.69) is 18.4 Å². The summed E-state index contributed by atoms with van der Waals surface area (Å²) in [6.07, 6.45) is 0.876. The van der Waals surface area contributed by atoms with Crippen LogP contribution in [0.2, 0.25) is 0 Å². The molecule has 11 heavy (non-hydrogen) atoms. The molecule has 0 radical (unpaired) electrons. The average molecular weight is 170 g/mol. The lowest BCUT2D eigenvalue weighted by Gasteiger charge is -2.08. The highest BCUT2D eigenvalue weighted by molar-refractivity contribution is 7.10. The van der Waals surface area contributed by atoms with E-state index in [-0.39, 0.29) is 6.04 Å². The summed E-state index contributed by atoms with van der Waals surface area (Å²) >= 11 is 1.72. The third-order valence-corrected chi connectivity index (χ3v) is 2.87. The van der Waals surface area contributed by atoms with E-state index < -0.39 is 0 Å². The van der Waals surface area contributed by atoms with Crippen LogP contribution in [0.3, 0.4) is 0 Å². The van der Waals surface area contributed by atoms with E-state index in [1.165, 1.54) is 10.4 Å². The third-order valence-electron chi connectivity index (χ3n) is 1.72. The molecule has 0 unspecified atom stereocenters. The molecule has 1 heterocycles. The predicted molar refractivity (Wildman–Crippen MR) is 49.7 cm³/mol. The zero-order chi connectivity index (χ0) is 8.27. The summed E-state index contributed by atoms with van der Waals surface area (Å²) < 4.78 is 0. The first-order valence-corrected chi connectivity index (χ1v) is 4.63. The van der Waals surface area contributed by atoms with Crippen LogP contribution in [0, 0.1) is 6.92 Å². The van der Waals surface area contributed by atoms with Crippen molar-refractivity contribution in [2.45, 2.75) is 19.4 Å². The molecule has 1 aromatic heterocycles. The molecule has 0 saturated heterocycles. The van der Waals surface area contributed by atoms with Crippen LogP contribution in [-0.4, -0.2) is 6.54 Å². The smallest absolute Gasteiger partial charge is 0.0404 e. The Morgan fingerprint density at radius 1 is 1.64 bits per heavy atom. The van der Waals surface area contributed by atoms with Gasteiger partial charge in [0, 0.05) is 10.9 Å². The Morgan fingerprint density at radius 2 is 2.36 bits per heavy atom. The molecule has 0 saturated carbocycles. The second-order valence-electron chi connectivity index (χ2n) is 2.65. The summed E-state index contributed by atoms with van der Waals surface area (Å²) in [6, 6.07) is 2.23. The van der Waals surface area contributed by atoms with Gasteiger partial charge in [-0.05, 0) is 36.9 Å². The molecule has 62 valence electrons. The van der Waals surface area contributed by atoms with Crippen molar-refractivity contribution >= 4 is 11.3 Å². The highest BCUT2D eigenvalue weighted by Crippen LogP contribution is 2.23. The quantitative estimate of drug-likeness (QED) is 0.720. The maximum atomic E-state index is 5.88. The number of hydrogen-bond donors (Lipinski definition) is 2. The lowest BCUT2D eigenvalue weighted by molar-refractivity contribution is 0.669. The van der Waals surface area contributed by atoms with Gasteiger partial charge in [-0.15, -0.1) is 11.3 Å². The topological polar surface area (TPSA) is 52.0 Å². The Balaban J connectivity index is 2.67. The van der Waals surface area contributed by atoms with E-state index in [0.29, 0.717) is 6.54 Å². The molecule has 0 fully saturated rings. The van der Waals surface area contributed by atoms with Crippen LogP contribution in [0.4, 0.5) is 0 Å². The van der Waals surface area contributed by atoms with Gasteiger partial charge < -0.3 is 11.5 Å². The SMILES string of the molecule is Cc1ccsc1[C@H](N)CCN. The molecule has 0 amide bonds. The van der Waals surface area contributed by atoms with E-state index in [4.69, 9.17) is 11.5 Å². The Morgan fingerprint density at radius 3 is 2.82 bits per heavy atom. The number of rotatable bonds is 3. The van der Waals surface area contributed by atoms with Crippen molar-refractivity contribution in [3.8, 4) is 0 Å². The minimum Gasteiger partial charge on any atom is -0.330 e. The number of thiophene rings is 1. The van der Waals surface area contributed by atoms with E-state index in [1.807, 2.05) is 0 Å². The Kier molecular flexibility index (Phi) is 3.05. The first kappa shape index (κ1) is 8.71. The Labute approximate surface area is 71.2 Å². The van der Waals surface area contributed by atoms with Crippen molar-refractivity contribution in [3.63, 3.8) is 0 Å². The van der Waals surface area contributed by atoms with E-state index in [0.717, 1.165) is 6.42 Å². The molecule has 0 aliphatic rings. The van der Waals surface area contributed by atoms with Gasteiger partial charge in [0.1, 0.15) is 0 Å². The first-order chi connectivity index (χ1) is 5.25. The summed E-state index contributed by atoms with van der Waals surface area (Å²) in [5.74, 6) is 0. The van der Waals surface area contributed by atoms with Crippen molar-refractivity contribution < 1.29 is 0 Å². The predicted octanol–water partition coefficient (Wildman–Crippen LogP) is 1.41. The van der Waals surface area contributed by atoms with Gasteiger partial charge >= 0.3 is 0 Å². The van der Waals surface area contributed by atoms with Crippen LogP contribution in [0.15, 0.2) is 11.4 Å². The monoisotopic (exact) mass is 170 g/mol. The van der Waals surface area contributed by atoms with Crippen molar-refractivity contribution in [1.29, 1.82) is 0 Å². The molecule has 0 aliphatic carbocycles. The molecule has 0 spiro atoms. The van der Waals surface area contributed by atoms with Gasteiger partial charge in [-0.2, -0.15) is 0 Å². The highest BCUT2D eigenvalue weighted by atomic mass is 32.1. The van der Waals surface area contributed by atoms with E-state index in [9.17, 15) is 0 Å². The van der Waals surface area contributed by atoms with Gasteiger partial charge in [0.25, 0.3) is 0 Å². The summed E-state index contributed by atoms with van der Waals surface area (Å²) in [5, 5.41) is 2.07. The lowest BCUT2D eigenvalue weighted by atomic mass is 10.1. The second kappa shape index (κ2) is 3.85. The minimum atomic E-state index is 0.139. The second-order valence-corrected chi connectivity index (χ2v) is 3.60. The molecule has 3 heteroatoms. The Bertz CT molecular complexity index is 220. The molecular weight excluding hydrogens is 156 g/mol. The number of aryl methyl sites for hydroxylation is 1. The largest absolute Gasteiger partial charge is 0.330 e. The normalized spacial score (nSPS) is 13.4. The molecular formula is C8H14N2S. The van der Waals surface area contributed by atoms with Gasteiger partial charge in [0.05, 0.1) is 0 Å². The lowest BCUT2D eigenvalue weighted by Crippen LogP contribution is -2.14. The van der Waals surface area contributed by atoms with Crippen LogP contribution < -0.4 is 11.5 Å². The molecule has 0 aliphatic heterocycles. The third kappa shape index (κ3) is 2.02. The van der Waals surface area contributed by atoms with Gasteiger partial charge in [0.2, 0.25) is 0 Å². The van der Waals surface area contributed by atoms with Gasteiger partial charge in [-0.3, -0.25) is 0 Å². The van der Waals surface area contributed by atoms with E-state index >= 15 is 0 Å². The van der Waals surface area contributed by atoms with Gasteiger partial charge in [-0.25, -0.2) is 0 Å². The number of nitrogens with two attached hydrogens (primary N) is 2. The fourth-order valence-corrected chi connectivity index (χ4v) is 2.04. The summed E-state index contributed by atoms with van der Waals surface area (Å²) in [5.41, 5.74) is 12.6. The summed E-state index contributed by atoms with van der Waals surface area (Å²) in [7, 11) is 0. The zero-order valence-electron chi connectivity index (χ0n) is 6.71. The molecule has 4 N–H and O–H groups in total. The average Bonchev–Trinajstić information content (AvgIpc) is 2.36. The van der Waals surface area contributed by atoms with E-state index in [1.54, 1.807) is 11.3 Å². The van der Waals surface area contributed by atoms with Crippen LogP contribution in [-0.2, 0) is 0 Å². The van der Waals surface area contributed by atoms with Crippen molar-refractivity contribution in [3.05, 3.63) is 21.9 Å². The Hall–Kier alpha value is -0.380. The van der Waals surface area contributed by atoms with Gasteiger partial charge in [0.15, 0.2) is 0 Å². The van der Waals surface area contributed by atoms with Crippen molar-refractivity contribution in [2.24, 2.45) is 11.5 Å². The van der Waals surface area contributed by atoms with Gasteiger partial charge in [-0.1, -0.05) is 0 Å². The molecule has 2 nitrogen and oxygen atoms in total. The maximum absolute atomic E-state index is 5.88.